The number of hydrogen-bond acceptors (Lipinski definition) is 4. The monoisotopic (exact) mass is 232 g/mol. The van der Waals surface area contributed by atoms with Crippen molar-refractivity contribution in [2.45, 2.75) is 65.6 Å². The zero-order valence-corrected chi connectivity index (χ0v) is 13.2. The molecule has 0 aromatic heterocycles. The van der Waals surface area contributed by atoms with E-state index in [-0.39, 0.29) is 5.91 Å². The third kappa shape index (κ3) is 6.27. The van der Waals surface area contributed by atoms with Crippen LogP contribution in [0.25, 0.3) is 0 Å². The van der Waals surface area contributed by atoms with E-state index in [1.807, 2.05) is 0 Å². The Hall–Kier alpha value is 0.0569. The van der Waals surface area contributed by atoms with Crippen LogP contribution in [0.15, 0.2) is 0 Å². The van der Waals surface area contributed by atoms with Crippen molar-refractivity contribution >= 4 is 10.4 Å². The molecule has 0 saturated heterocycles. The first kappa shape index (κ1) is 15.1. The molecule has 0 radical (unpaired) electrons. The molecule has 4 nitrogen and oxygen atoms in total. The largest absolute Gasteiger partial charge is 0.304 e. The van der Waals surface area contributed by atoms with Gasteiger partial charge in [0.2, 0.25) is 0 Å². The molecule has 0 fully saturated rings. The summed E-state index contributed by atoms with van der Waals surface area (Å²) in [6.45, 7) is 12.9. The molecule has 0 unspecified atom stereocenters. The summed E-state index contributed by atoms with van der Waals surface area (Å²) >= 11 is 0. The minimum atomic E-state index is -0.331. The first-order valence-electron chi connectivity index (χ1n) is 5.83. The van der Waals surface area contributed by atoms with E-state index in [2.05, 4.69) is 62.5 Å². The van der Waals surface area contributed by atoms with E-state index in [9.17, 15) is 0 Å². The van der Waals surface area contributed by atoms with E-state index in [0.29, 0.717) is 18.1 Å². The summed E-state index contributed by atoms with van der Waals surface area (Å²) in [5.41, 5.74) is 0. The zero-order valence-electron chi connectivity index (χ0n) is 11.2. The molecule has 0 bridgehead atoms. The SMILES string of the molecule is CC(C)NC(N[SiH3])(NC(C)C)NC(C)C. The Morgan fingerprint density at radius 1 is 0.733 bits per heavy atom. The molecule has 0 rings (SSSR count). The van der Waals surface area contributed by atoms with Crippen molar-refractivity contribution in [1.29, 1.82) is 0 Å². The quantitative estimate of drug-likeness (QED) is 0.352. The number of nitrogens with one attached hydrogen (secondary N) is 4. The van der Waals surface area contributed by atoms with Crippen molar-refractivity contribution in [3.8, 4) is 0 Å². The van der Waals surface area contributed by atoms with Gasteiger partial charge in [-0.05, 0) is 41.5 Å². The summed E-state index contributed by atoms with van der Waals surface area (Å²) in [5.74, 6) is -0.331. The third-order valence-electron chi connectivity index (χ3n) is 1.89. The van der Waals surface area contributed by atoms with Crippen molar-refractivity contribution in [3.05, 3.63) is 0 Å². The maximum atomic E-state index is 3.51. The van der Waals surface area contributed by atoms with Crippen LogP contribution in [0, 0.1) is 0 Å². The van der Waals surface area contributed by atoms with Crippen LogP contribution in [-0.2, 0) is 0 Å². The molecule has 0 saturated carbocycles. The predicted octanol–water partition coefficient (Wildman–Crippen LogP) is -0.538. The maximum absolute atomic E-state index is 3.51. The molecule has 15 heavy (non-hydrogen) atoms. The minimum Gasteiger partial charge on any atom is -0.304 e. The fourth-order valence-electron chi connectivity index (χ4n) is 1.64. The van der Waals surface area contributed by atoms with Crippen LogP contribution in [-0.4, -0.2) is 34.4 Å². The van der Waals surface area contributed by atoms with Gasteiger partial charge in [0, 0.05) is 18.1 Å². The highest BCUT2D eigenvalue weighted by molar-refractivity contribution is 6.04. The smallest absolute Gasteiger partial charge is 0.175 e. The zero-order chi connectivity index (χ0) is 12.1. The van der Waals surface area contributed by atoms with Crippen LogP contribution in [0.3, 0.4) is 0 Å². The van der Waals surface area contributed by atoms with Crippen molar-refractivity contribution < 1.29 is 0 Å². The van der Waals surface area contributed by atoms with Crippen molar-refractivity contribution in [3.63, 3.8) is 0 Å². The van der Waals surface area contributed by atoms with Gasteiger partial charge in [0.1, 0.15) is 0 Å². The van der Waals surface area contributed by atoms with Gasteiger partial charge in [-0.15, -0.1) is 0 Å². The average molecular weight is 232 g/mol. The summed E-state index contributed by atoms with van der Waals surface area (Å²) in [6, 6.07) is 1.26. The lowest BCUT2D eigenvalue weighted by molar-refractivity contribution is 0.141. The van der Waals surface area contributed by atoms with Gasteiger partial charge in [0.05, 0.1) is 10.4 Å². The Bertz CT molecular complexity index is 144. The molecule has 5 heteroatoms. The first-order valence-corrected chi connectivity index (χ1v) is 6.83. The molecule has 0 aliphatic carbocycles. The number of rotatable bonds is 7. The van der Waals surface area contributed by atoms with Gasteiger partial charge in [-0.2, -0.15) is 0 Å². The average Bonchev–Trinajstić information content (AvgIpc) is 1.99. The van der Waals surface area contributed by atoms with E-state index in [0.717, 1.165) is 10.4 Å². The summed E-state index contributed by atoms with van der Waals surface area (Å²) < 4.78 is 0. The van der Waals surface area contributed by atoms with Crippen LogP contribution < -0.4 is 20.9 Å². The summed E-state index contributed by atoms with van der Waals surface area (Å²) in [6.07, 6.45) is 0. The summed E-state index contributed by atoms with van der Waals surface area (Å²) in [4.78, 5) is 3.42. The molecular formula is C10H28N4Si. The van der Waals surface area contributed by atoms with Gasteiger partial charge in [-0.1, -0.05) is 0 Å². The molecule has 0 amide bonds. The normalized spacial score (nSPS) is 13.4. The molecular weight excluding hydrogens is 204 g/mol. The molecule has 4 N–H and O–H groups in total. The lowest BCUT2D eigenvalue weighted by Crippen LogP contribution is -2.77. The van der Waals surface area contributed by atoms with E-state index >= 15 is 0 Å². The summed E-state index contributed by atoms with van der Waals surface area (Å²) in [7, 11) is 0.925. The second kappa shape index (κ2) is 6.60. The maximum Gasteiger partial charge on any atom is 0.175 e. The van der Waals surface area contributed by atoms with E-state index in [1.54, 1.807) is 0 Å². The van der Waals surface area contributed by atoms with Crippen molar-refractivity contribution in [2.24, 2.45) is 0 Å². The van der Waals surface area contributed by atoms with E-state index in [1.165, 1.54) is 0 Å². The second-order valence-corrected chi connectivity index (χ2v) is 5.40. The van der Waals surface area contributed by atoms with Gasteiger partial charge in [-0.25, -0.2) is 0 Å². The Balaban J connectivity index is 4.59. The molecule has 0 aliphatic heterocycles. The van der Waals surface area contributed by atoms with Gasteiger partial charge in [0.25, 0.3) is 0 Å². The molecule has 0 spiro atoms. The van der Waals surface area contributed by atoms with E-state index in [4.69, 9.17) is 0 Å². The molecule has 0 heterocycles. The van der Waals surface area contributed by atoms with Gasteiger partial charge >= 0.3 is 0 Å². The first-order chi connectivity index (χ1) is 6.81. The van der Waals surface area contributed by atoms with E-state index < -0.39 is 0 Å². The standard InChI is InChI=1S/C10H28N4Si/c1-7(2)11-10(14-15,12-8(3)4)13-9(5)6/h7-9,11-14H,1-6,15H3. The fraction of sp³-hybridized carbons (Fsp3) is 1.00. The van der Waals surface area contributed by atoms with Crippen LogP contribution >= 0.6 is 0 Å². The van der Waals surface area contributed by atoms with Gasteiger partial charge in [-0.3, -0.25) is 16.0 Å². The Morgan fingerprint density at radius 3 is 1.13 bits per heavy atom. The van der Waals surface area contributed by atoms with Crippen LogP contribution in [0.1, 0.15) is 41.5 Å². The second-order valence-electron chi connectivity index (χ2n) is 4.90. The highest BCUT2D eigenvalue weighted by Gasteiger charge is 2.28. The number of hydrogen-bond donors (Lipinski definition) is 4. The Morgan fingerprint density at radius 2 is 1.00 bits per heavy atom. The topological polar surface area (TPSA) is 48.1 Å². The van der Waals surface area contributed by atoms with Crippen LogP contribution in [0.5, 0.6) is 0 Å². The molecule has 0 aliphatic rings. The minimum absolute atomic E-state index is 0.331. The van der Waals surface area contributed by atoms with Gasteiger partial charge in [0.15, 0.2) is 5.91 Å². The highest BCUT2D eigenvalue weighted by Crippen LogP contribution is 1.97. The highest BCUT2D eigenvalue weighted by atomic mass is 28.2. The Kier molecular flexibility index (Phi) is 6.62. The Labute approximate surface area is 97.5 Å². The lowest BCUT2D eigenvalue weighted by atomic mass is 10.3. The van der Waals surface area contributed by atoms with Crippen molar-refractivity contribution in [2.75, 3.05) is 0 Å². The molecule has 0 aromatic carbocycles. The van der Waals surface area contributed by atoms with Crippen LogP contribution in [0.2, 0.25) is 0 Å². The molecule has 0 atom stereocenters. The molecule has 0 aromatic rings. The predicted molar refractivity (Wildman–Crippen MR) is 70.6 cm³/mol. The van der Waals surface area contributed by atoms with Crippen molar-refractivity contribution in [1.82, 2.24) is 20.9 Å². The fourth-order valence-corrected chi connectivity index (χ4v) is 2.07. The summed E-state index contributed by atoms with van der Waals surface area (Å²) in [5, 5.41) is 10.5. The third-order valence-corrected chi connectivity index (χ3v) is 2.64. The lowest BCUT2D eigenvalue weighted by Gasteiger charge is -2.41. The van der Waals surface area contributed by atoms with Crippen LogP contribution in [0.4, 0.5) is 0 Å². The molecule has 92 valence electrons. The van der Waals surface area contributed by atoms with Gasteiger partial charge < -0.3 is 4.98 Å².